The Morgan fingerprint density at radius 3 is 2.42 bits per heavy atom. The molecule has 0 saturated carbocycles. The van der Waals surface area contributed by atoms with Crippen molar-refractivity contribution in [1.29, 1.82) is 0 Å². The number of esters is 1. The number of carbonyl (C=O) groups is 2. The van der Waals surface area contributed by atoms with Crippen LogP contribution < -0.4 is 4.90 Å². The number of hydrogen-bond acceptors (Lipinski definition) is 3. The third kappa shape index (κ3) is 2.29. The van der Waals surface area contributed by atoms with E-state index in [0.717, 1.165) is 5.56 Å². The fourth-order valence-corrected chi connectivity index (χ4v) is 3.31. The average molecular weight is 323 g/mol. The summed E-state index contributed by atoms with van der Waals surface area (Å²) in [6.07, 6.45) is 0.147. The number of rotatable bonds is 2. The van der Waals surface area contributed by atoms with Gasteiger partial charge in [-0.05, 0) is 29.8 Å². The first kappa shape index (κ1) is 14.6. The Morgan fingerprint density at radius 2 is 1.71 bits per heavy atom. The SMILES string of the molecule is O=C1OCC2=C1[C@H](c1ccc(F)cc1)CC(=O)N2c1ccccc1. The van der Waals surface area contributed by atoms with Crippen molar-refractivity contribution in [3.05, 3.63) is 77.2 Å². The van der Waals surface area contributed by atoms with Gasteiger partial charge < -0.3 is 4.74 Å². The van der Waals surface area contributed by atoms with E-state index in [1.807, 2.05) is 30.3 Å². The molecule has 2 aromatic rings. The van der Waals surface area contributed by atoms with E-state index in [9.17, 15) is 14.0 Å². The van der Waals surface area contributed by atoms with Gasteiger partial charge in [0.25, 0.3) is 0 Å². The lowest BCUT2D eigenvalue weighted by atomic mass is 9.84. The number of carbonyl (C=O) groups excluding carboxylic acids is 2. The van der Waals surface area contributed by atoms with Crippen LogP contribution in [0.2, 0.25) is 0 Å². The Balaban J connectivity index is 1.82. The predicted molar refractivity (Wildman–Crippen MR) is 85.7 cm³/mol. The first-order valence-electron chi connectivity index (χ1n) is 7.69. The third-order valence-corrected chi connectivity index (χ3v) is 4.40. The molecule has 120 valence electrons. The number of halogens is 1. The minimum Gasteiger partial charge on any atom is -0.456 e. The zero-order valence-electron chi connectivity index (χ0n) is 12.7. The third-order valence-electron chi connectivity index (χ3n) is 4.40. The molecule has 0 radical (unpaired) electrons. The number of cyclic esters (lactones) is 1. The molecule has 24 heavy (non-hydrogen) atoms. The maximum Gasteiger partial charge on any atom is 0.336 e. The van der Waals surface area contributed by atoms with Gasteiger partial charge in [-0.1, -0.05) is 30.3 Å². The number of amides is 1. The lowest BCUT2D eigenvalue weighted by Gasteiger charge is -2.31. The van der Waals surface area contributed by atoms with E-state index in [-0.39, 0.29) is 24.8 Å². The highest BCUT2D eigenvalue weighted by atomic mass is 19.1. The molecule has 0 N–H and O–H groups in total. The van der Waals surface area contributed by atoms with Gasteiger partial charge in [0.1, 0.15) is 12.4 Å². The van der Waals surface area contributed by atoms with Crippen LogP contribution in [0.3, 0.4) is 0 Å². The van der Waals surface area contributed by atoms with Crippen LogP contribution in [0.25, 0.3) is 0 Å². The first-order chi connectivity index (χ1) is 11.6. The van der Waals surface area contributed by atoms with Gasteiger partial charge in [0.2, 0.25) is 5.91 Å². The van der Waals surface area contributed by atoms with Crippen molar-refractivity contribution in [3.63, 3.8) is 0 Å². The smallest absolute Gasteiger partial charge is 0.336 e. The molecule has 4 nitrogen and oxygen atoms in total. The Bertz CT molecular complexity index is 843. The van der Waals surface area contributed by atoms with Crippen LogP contribution in [0.5, 0.6) is 0 Å². The minimum absolute atomic E-state index is 0.0759. The molecule has 1 amide bonds. The molecule has 0 saturated heterocycles. The molecular weight excluding hydrogens is 309 g/mol. The van der Waals surface area contributed by atoms with Gasteiger partial charge >= 0.3 is 5.97 Å². The minimum atomic E-state index is -0.409. The van der Waals surface area contributed by atoms with Crippen LogP contribution in [-0.4, -0.2) is 18.5 Å². The molecule has 0 aromatic heterocycles. The van der Waals surface area contributed by atoms with Crippen molar-refractivity contribution in [2.75, 3.05) is 11.5 Å². The number of nitrogens with zero attached hydrogens (tertiary/aromatic N) is 1. The molecule has 0 bridgehead atoms. The maximum atomic E-state index is 13.2. The highest BCUT2D eigenvalue weighted by Gasteiger charge is 2.42. The van der Waals surface area contributed by atoms with E-state index >= 15 is 0 Å². The molecule has 1 atom stereocenters. The van der Waals surface area contributed by atoms with E-state index in [4.69, 9.17) is 4.74 Å². The second-order valence-electron chi connectivity index (χ2n) is 5.81. The van der Waals surface area contributed by atoms with E-state index < -0.39 is 11.9 Å². The van der Waals surface area contributed by atoms with Crippen molar-refractivity contribution in [3.8, 4) is 0 Å². The average Bonchev–Trinajstić information content (AvgIpc) is 2.97. The Kier molecular flexibility index (Phi) is 3.41. The molecule has 0 aliphatic carbocycles. The second kappa shape index (κ2) is 5.60. The Labute approximate surface area is 138 Å². The molecule has 2 aromatic carbocycles. The standard InChI is InChI=1S/C19H14FNO3/c20-13-8-6-12(7-9-13)15-10-17(22)21(14-4-2-1-3-5-14)16-11-24-19(23)18(15)16/h1-9,15H,10-11H2/t15-/m0/s1. The number of anilines is 1. The quantitative estimate of drug-likeness (QED) is 0.798. The van der Waals surface area contributed by atoms with Crippen molar-refractivity contribution in [2.45, 2.75) is 12.3 Å². The molecule has 4 rings (SSSR count). The van der Waals surface area contributed by atoms with Gasteiger partial charge in [-0.25, -0.2) is 9.18 Å². The molecule has 2 heterocycles. The van der Waals surface area contributed by atoms with Gasteiger partial charge in [-0.2, -0.15) is 0 Å². The van der Waals surface area contributed by atoms with Crippen molar-refractivity contribution in [2.24, 2.45) is 0 Å². The largest absolute Gasteiger partial charge is 0.456 e. The van der Waals surface area contributed by atoms with Gasteiger partial charge in [-0.3, -0.25) is 9.69 Å². The molecular formula is C19H14FNO3. The maximum absolute atomic E-state index is 13.2. The van der Waals surface area contributed by atoms with Gasteiger partial charge in [0, 0.05) is 18.0 Å². The monoisotopic (exact) mass is 323 g/mol. The van der Waals surface area contributed by atoms with E-state index in [1.54, 1.807) is 17.0 Å². The van der Waals surface area contributed by atoms with Gasteiger partial charge in [-0.15, -0.1) is 0 Å². The highest BCUT2D eigenvalue weighted by molar-refractivity contribution is 6.06. The summed E-state index contributed by atoms with van der Waals surface area (Å²) >= 11 is 0. The summed E-state index contributed by atoms with van der Waals surface area (Å²) in [7, 11) is 0. The van der Waals surface area contributed by atoms with Crippen LogP contribution in [0.4, 0.5) is 10.1 Å². The number of ether oxygens (including phenoxy) is 1. The normalized spacial score (nSPS) is 20.2. The first-order valence-corrected chi connectivity index (χ1v) is 7.69. The zero-order chi connectivity index (χ0) is 16.7. The topological polar surface area (TPSA) is 46.6 Å². The summed E-state index contributed by atoms with van der Waals surface area (Å²) in [5.41, 5.74) is 2.52. The summed E-state index contributed by atoms with van der Waals surface area (Å²) in [6, 6.07) is 15.1. The Hall–Kier alpha value is -2.95. The summed E-state index contributed by atoms with van der Waals surface area (Å²) in [6.45, 7) is 0.0759. The predicted octanol–water partition coefficient (Wildman–Crippen LogP) is 3.16. The molecule has 0 fully saturated rings. The highest BCUT2D eigenvalue weighted by Crippen LogP contribution is 2.41. The summed E-state index contributed by atoms with van der Waals surface area (Å²) in [5, 5.41) is 0. The second-order valence-corrected chi connectivity index (χ2v) is 5.81. The van der Waals surface area contributed by atoms with Crippen molar-refractivity contribution < 1.29 is 18.7 Å². The lowest BCUT2D eigenvalue weighted by molar-refractivity contribution is -0.136. The fourth-order valence-electron chi connectivity index (χ4n) is 3.31. The molecule has 2 aliphatic heterocycles. The van der Waals surface area contributed by atoms with Gasteiger partial charge in [0.15, 0.2) is 0 Å². The molecule has 2 aliphatic rings. The van der Waals surface area contributed by atoms with Crippen LogP contribution in [0.15, 0.2) is 65.9 Å². The van der Waals surface area contributed by atoms with E-state index in [1.165, 1.54) is 12.1 Å². The number of para-hydroxylation sites is 1. The summed E-state index contributed by atoms with van der Waals surface area (Å²) < 4.78 is 18.4. The van der Waals surface area contributed by atoms with Gasteiger partial charge in [0.05, 0.1) is 11.3 Å². The lowest BCUT2D eigenvalue weighted by Crippen LogP contribution is -2.37. The Morgan fingerprint density at radius 1 is 1.00 bits per heavy atom. The van der Waals surface area contributed by atoms with Crippen molar-refractivity contribution >= 4 is 17.6 Å². The molecule has 0 unspecified atom stereocenters. The van der Waals surface area contributed by atoms with Crippen LogP contribution in [0, 0.1) is 5.82 Å². The molecule has 0 spiro atoms. The van der Waals surface area contributed by atoms with Crippen molar-refractivity contribution in [1.82, 2.24) is 0 Å². The fraction of sp³-hybridized carbons (Fsp3) is 0.158. The summed E-state index contributed by atoms with van der Waals surface area (Å²) in [4.78, 5) is 26.6. The van der Waals surface area contributed by atoms with Crippen LogP contribution in [-0.2, 0) is 14.3 Å². The summed E-state index contributed by atoms with van der Waals surface area (Å²) in [5.74, 6) is -1.27. The van der Waals surface area contributed by atoms with Crippen LogP contribution >= 0.6 is 0 Å². The number of benzene rings is 2. The van der Waals surface area contributed by atoms with Crippen LogP contribution in [0.1, 0.15) is 17.9 Å². The van der Waals surface area contributed by atoms with E-state index in [0.29, 0.717) is 17.0 Å². The zero-order valence-corrected chi connectivity index (χ0v) is 12.7. The van der Waals surface area contributed by atoms with E-state index in [2.05, 4.69) is 0 Å². The number of hydrogen-bond donors (Lipinski definition) is 0. The molecule has 5 heteroatoms.